The van der Waals surface area contributed by atoms with Gasteiger partial charge >= 0.3 is 6.09 Å². The van der Waals surface area contributed by atoms with Crippen LogP contribution in [0, 0.1) is 23.7 Å². The average Bonchev–Trinajstić information content (AvgIpc) is 2.66. The average molecular weight is 207 g/mol. The second-order valence-corrected chi connectivity index (χ2v) is 5.56. The monoisotopic (exact) mass is 207 g/mol. The van der Waals surface area contributed by atoms with Crippen LogP contribution < -0.4 is 0 Å². The van der Waals surface area contributed by atoms with Crippen LogP contribution in [0.2, 0.25) is 0 Å². The van der Waals surface area contributed by atoms with Crippen LogP contribution in [-0.2, 0) is 4.74 Å². The fraction of sp³-hybridized carbons (Fsp3) is 0.750. The fourth-order valence-corrected chi connectivity index (χ4v) is 2.17. The molecule has 0 bridgehead atoms. The number of terminal acetylenes is 1. The molecule has 2 aliphatic rings. The zero-order chi connectivity index (χ0) is 11.3. The van der Waals surface area contributed by atoms with Gasteiger partial charge in [0.1, 0.15) is 5.60 Å². The molecular weight excluding hydrogens is 190 g/mol. The predicted octanol–water partition coefficient (Wildman–Crippen LogP) is 1.88. The van der Waals surface area contributed by atoms with Crippen molar-refractivity contribution in [3.63, 3.8) is 0 Å². The molecule has 0 aromatic rings. The van der Waals surface area contributed by atoms with Crippen molar-refractivity contribution in [2.24, 2.45) is 11.3 Å². The molecule has 2 atom stereocenters. The van der Waals surface area contributed by atoms with Crippen LogP contribution in [0.25, 0.3) is 0 Å². The molecule has 2 fully saturated rings. The Bertz CT molecular complexity index is 337. The summed E-state index contributed by atoms with van der Waals surface area (Å²) >= 11 is 0. The molecule has 2 rings (SSSR count). The van der Waals surface area contributed by atoms with Crippen molar-refractivity contribution >= 4 is 6.09 Å². The maximum absolute atomic E-state index is 11.7. The third kappa shape index (κ3) is 1.81. The Morgan fingerprint density at radius 2 is 2.27 bits per heavy atom. The van der Waals surface area contributed by atoms with E-state index in [0.29, 0.717) is 12.5 Å². The van der Waals surface area contributed by atoms with E-state index in [-0.39, 0.29) is 11.5 Å². The van der Waals surface area contributed by atoms with Crippen molar-refractivity contribution in [1.29, 1.82) is 0 Å². The topological polar surface area (TPSA) is 29.5 Å². The Balaban J connectivity index is 1.93. The van der Waals surface area contributed by atoms with Gasteiger partial charge in [0.15, 0.2) is 0 Å². The number of rotatable bonds is 0. The SMILES string of the molecule is C#CC12CC1CN(C(=O)OC(C)(C)C)C2. The molecule has 1 aliphatic carbocycles. The summed E-state index contributed by atoms with van der Waals surface area (Å²) in [7, 11) is 0. The molecular formula is C12H17NO2. The second kappa shape index (κ2) is 2.91. The molecule has 15 heavy (non-hydrogen) atoms. The van der Waals surface area contributed by atoms with Gasteiger partial charge in [0.25, 0.3) is 0 Å². The van der Waals surface area contributed by atoms with Crippen molar-refractivity contribution in [2.45, 2.75) is 32.8 Å². The number of fused-ring (bicyclic) bond motifs is 1. The first-order chi connectivity index (χ1) is 6.86. The number of hydrogen-bond acceptors (Lipinski definition) is 2. The summed E-state index contributed by atoms with van der Waals surface area (Å²) in [5.74, 6) is 3.32. The summed E-state index contributed by atoms with van der Waals surface area (Å²) in [6, 6.07) is 0. The number of likely N-dealkylation sites (tertiary alicyclic amines) is 1. The minimum Gasteiger partial charge on any atom is -0.444 e. The van der Waals surface area contributed by atoms with Gasteiger partial charge in [-0.25, -0.2) is 4.79 Å². The maximum Gasteiger partial charge on any atom is 0.410 e. The van der Waals surface area contributed by atoms with E-state index in [2.05, 4.69) is 5.92 Å². The normalized spacial score (nSPS) is 33.2. The Morgan fingerprint density at radius 3 is 2.73 bits per heavy atom. The van der Waals surface area contributed by atoms with Gasteiger partial charge in [-0.15, -0.1) is 6.42 Å². The van der Waals surface area contributed by atoms with Gasteiger partial charge in [-0.1, -0.05) is 5.92 Å². The molecule has 82 valence electrons. The molecule has 1 saturated heterocycles. The van der Waals surface area contributed by atoms with Gasteiger partial charge in [-0.2, -0.15) is 0 Å². The van der Waals surface area contributed by atoms with Crippen LogP contribution in [0.5, 0.6) is 0 Å². The van der Waals surface area contributed by atoms with Crippen LogP contribution >= 0.6 is 0 Å². The van der Waals surface area contributed by atoms with Gasteiger partial charge in [-0.3, -0.25) is 0 Å². The van der Waals surface area contributed by atoms with E-state index in [1.807, 2.05) is 20.8 Å². The van der Waals surface area contributed by atoms with E-state index in [1.54, 1.807) is 4.90 Å². The van der Waals surface area contributed by atoms with E-state index in [1.165, 1.54) is 0 Å². The first-order valence-corrected chi connectivity index (χ1v) is 5.32. The molecule has 1 aliphatic heterocycles. The lowest BCUT2D eigenvalue weighted by molar-refractivity contribution is 0.0268. The first kappa shape index (κ1) is 10.4. The van der Waals surface area contributed by atoms with Crippen LogP contribution in [0.15, 0.2) is 0 Å². The summed E-state index contributed by atoms with van der Waals surface area (Å²) in [5, 5.41) is 0. The van der Waals surface area contributed by atoms with E-state index < -0.39 is 5.60 Å². The summed E-state index contributed by atoms with van der Waals surface area (Å²) in [6.07, 6.45) is 6.31. The number of carbonyl (C=O) groups excluding carboxylic acids is 1. The lowest BCUT2D eigenvalue weighted by Gasteiger charge is -2.25. The molecule has 2 unspecified atom stereocenters. The quantitative estimate of drug-likeness (QED) is 0.567. The predicted molar refractivity (Wildman–Crippen MR) is 57.2 cm³/mol. The first-order valence-electron chi connectivity index (χ1n) is 5.32. The van der Waals surface area contributed by atoms with Gasteiger partial charge in [0.05, 0.1) is 5.41 Å². The third-order valence-corrected chi connectivity index (χ3v) is 3.08. The molecule has 1 heterocycles. The van der Waals surface area contributed by atoms with Gasteiger partial charge in [-0.05, 0) is 33.1 Å². The van der Waals surface area contributed by atoms with Gasteiger partial charge in [0.2, 0.25) is 0 Å². The Morgan fingerprint density at radius 1 is 1.60 bits per heavy atom. The zero-order valence-electron chi connectivity index (χ0n) is 9.54. The van der Waals surface area contributed by atoms with Crippen molar-refractivity contribution < 1.29 is 9.53 Å². The summed E-state index contributed by atoms with van der Waals surface area (Å²) < 4.78 is 5.30. The van der Waals surface area contributed by atoms with E-state index in [4.69, 9.17) is 11.2 Å². The molecule has 0 radical (unpaired) electrons. The lowest BCUT2D eigenvalue weighted by Crippen LogP contribution is -2.37. The second-order valence-electron chi connectivity index (χ2n) is 5.56. The highest BCUT2D eigenvalue weighted by Crippen LogP contribution is 2.57. The highest BCUT2D eigenvalue weighted by Gasteiger charge is 2.60. The molecule has 1 saturated carbocycles. The minimum absolute atomic E-state index is 0.0170. The van der Waals surface area contributed by atoms with Crippen LogP contribution in [-0.4, -0.2) is 29.7 Å². The highest BCUT2D eigenvalue weighted by molar-refractivity contribution is 5.69. The van der Waals surface area contributed by atoms with Crippen LogP contribution in [0.1, 0.15) is 27.2 Å². The standard InChI is InChI=1S/C12H17NO2/c1-5-12-6-9(12)7-13(8-12)10(14)15-11(2,3)4/h1,9H,6-8H2,2-4H3. The molecule has 0 N–H and O–H groups in total. The van der Waals surface area contributed by atoms with E-state index in [0.717, 1.165) is 13.0 Å². The maximum atomic E-state index is 11.7. The molecule has 0 spiro atoms. The van der Waals surface area contributed by atoms with Crippen molar-refractivity contribution in [2.75, 3.05) is 13.1 Å². The van der Waals surface area contributed by atoms with Crippen molar-refractivity contribution in [3.8, 4) is 12.3 Å². The smallest absolute Gasteiger partial charge is 0.410 e. The Labute approximate surface area is 90.8 Å². The fourth-order valence-electron chi connectivity index (χ4n) is 2.17. The highest BCUT2D eigenvalue weighted by atomic mass is 16.6. The molecule has 1 amide bonds. The van der Waals surface area contributed by atoms with Crippen LogP contribution in [0.4, 0.5) is 4.79 Å². The van der Waals surface area contributed by atoms with Gasteiger partial charge < -0.3 is 9.64 Å². The number of nitrogens with zero attached hydrogens (tertiary/aromatic N) is 1. The lowest BCUT2D eigenvalue weighted by atomic mass is 10.1. The number of amides is 1. The summed E-state index contributed by atoms with van der Waals surface area (Å²) in [6.45, 7) is 7.05. The summed E-state index contributed by atoms with van der Waals surface area (Å²) in [5.41, 5.74) is -0.440. The van der Waals surface area contributed by atoms with E-state index in [9.17, 15) is 4.79 Å². The van der Waals surface area contributed by atoms with Crippen molar-refractivity contribution in [3.05, 3.63) is 0 Å². The molecule has 0 aromatic heterocycles. The van der Waals surface area contributed by atoms with Gasteiger partial charge in [0, 0.05) is 13.1 Å². The number of hydrogen-bond donors (Lipinski definition) is 0. The largest absolute Gasteiger partial charge is 0.444 e. The third-order valence-electron chi connectivity index (χ3n) is 3.08. The molecule has 0 aromatic carbocycles. The zero-order valence-corrected chi connectivity index (χ0v) is 9.54. The Hall–Kier alpha value is -1.17. The Kier molecular flexibility index (Phi) is 2.01. The van der Waals surface area contributed by atoms with E-state index >= 15 is 0 Å². The van der Waals surface area contributed by atoms with Crippen LogP contribution in [0.3, 0.4) is 0 Å². The number of piperidine rings is 1. The minimum atomic E-state index is -0.423. The molecule has 3 heteroatoms. The molecule has 3 nitrogen and oxygen atoms in total. The number of carbonyl (C=O) groups is 1. The number of ether oxygens (including phenoxy) is 1. The summed E-state index contributed by atoms with van der Waals surface area (Å²) in [4.78, 5) is 13.5. The van der Waals surface area contributed by atoms with Crippen molar-refractivity contribution in [1.82, 2.24) is 4.90 Å².